The highest BCUT2D eigenvalue weighted by molar-refractivity contribution is 7.99. The van der Waals surface area contributed by atoms with E-state index in [0.29, 0.717) is 22.1 Å². The Morgan fingerprint density at radius 2 is 1.95 bits per heavy atom. The number of rotatable bonds is 5. The van der Waals surface area contributed by atoms with Gasteiger partial charge < -0.3 is 15.7 Å². The molecule has 0 aliphatic carbocycles. The van der Waals surface area contributed by atoms with E-state index in [1.807, 2.05) is 31.2 Å². The summed E-state index contributed by atoms with van der Waals surface area (Å²) in [7, 11) is 0. The summed E-state index contributed by atoms with van der Waals surface area (Å²) in [6.07, 6.45) is 0. The van der Waals surface area contributed by atoms with E-state index in [1.54, 1.807) is 30.0 Å². The zero-order valence-electron chi connectivity index (χ0n) is 11.4. The summed E-state index contributed by atoms with van der Waals surface area (Å²) in [5.41, 5.74) is 6.35. The Bertz CT molecular complexity index is 662. The first-order valence-corrected chi connectivity index (χ1v) is 7.69. The lowest BCUT2D eigenvalue weighted by Gasteiger charge is -2.14. The first-order chi connectivity index (χ1) is 10.2. The molecule has 0 fully saturated rings. The van der Waals surface area contributed by atoms with Gasteiger partial charge in [0.15, 0.2) is 5.84 Å². The number of amidine groups is 1. The van der Waals surface area contributed by atoms with Crippen LogP contribution < -0.4 is 10.5 Å². The van der Waals surface area contributed by atoms with Crippen molar-refractivity contribution in [3.63, 3.8) is 0 Å². The summed E-state index contributed by atoms with van der Waals surface area (Å²) in [5, 5.41) is 12.6. The molecule has 21 heavy (non-hydrogen) atoms. The van der Waals surface area contributed by atoms with Crippen LogP contribution in [-0.2, 0) is 0 Å². The molecule has 0 radical (unpaired) electrons. The molecule has 2 aromatic rings. The van der Waals surface area contributed by atoms with Crippen molar-refractivity contribution in [1.82, 2.24) is 0 Å². The van der Waals surface area contributed by atoms with E-state index in [9.17, 15) is 0 Å². The fourth-order valence-corrected chi connectivity index (χ4v) is 2.83. The second-order valence-electron chi connectivity index (χ2n) is 4.08. The molecule has 3 N–H and O–H groups in total. The molecule has 2 aromatic carbocycles. The molecule has 0 saturated carbocycles. The number of nitrogens with two attached hydrogens (primary N) is 1. The third-order valence-corrected chi connectivity index (χ3v) is 3.96. The second-order valence-corrected chi connectivity index (χ2v) is 5.79. The van der Waals surface area contributed by atoms with Crippen LogP contribution in [0, 0.1) is 0 Å². The normalized spacial score (nSPS) is 11.4. The lowest BCUT2D eigenvalue weighted by Crippen LogP contribution is -2.15. The van der Waals surface area contributed by atoms with Crippen molar-refractivity contribution < 1.29 is 9.94 Å². The maximum absolute atomic E-state index is 9.00. The largest absolute Gasteiger partial charge is 0.455 e. The Morgan fingerprint density at radius 3 is 2.62 bits per heavy atom. The van der Waals surface area contributed by atoms with Gasteiger partial charge in [0.25, 0.3) is 0 Å². The minimum atomic E-state index is 0.00797. The average molecular weight is 323 g/mol. The summed E-state index contributed by atoms with van der Waals surface area (Å²) >= 11 is 7.69. The standard InChI is InChI=1S/C15H15ClN2O2S/c1-2-21-13-9-5-8-12(14(13)15(17)18-19)20-11-7-4-3-6-10(11)16/h3-9,19H,2H2,1H3,(H2,17,18). The van der Waals surface area contributed by atoms with Gasteiger partial charge in [-0.05, 0) is 30.0 Å². The molecule has 110 valence electrons. The van der Waals surface area contributed by atoms with Crippen molar-refractivity contribution in [2.45, 2.75) is 11.8 Å². The number of oxime groups is 1. The van der Waals surface area contributed by atoms with Gasteiger partial charge in [-0.15, -0.1) is 11.8 Å². The Hall–Kier alpha value is -1.85. The zero-order chi connectivity index (χ0) is 15.2. The van der Waals surface area contributed by atoms with E-state index >= 15 is 0 Å². The molecule has 0 saturated heterocycles. The molecule has 2 rings (SSSR count). The highest BCUT2D eigenvalue weighted by Gasteiger charge is 2.15. The van der Waals surface area contributed by atoms with Gasteiger partial charge in [0.1, 0.15) is 11.5 Å². The van der Waals surface area contributed by atoms with E-state index in [0.717, 1.165) is 10.6 Å². The fraction of sp³-hybridized carbons (Fsp3) is 0.133. The van der Waals surface area contributed by atoms with Crippen LogP contribution in [0.15, 0.2) is 52.5 Å². The molecule has 0 aliphatic heterocycles. The quantitative estimate of drug-likeness (QED) is 0.282. The average Bonchev–Trinajstić information content (AvgIpc) is 2.49. The molecule has 0 amide bonds. The lowest BCUT2D eigenvalue weighted by atomic mass is 10.2. The minimum Gasteiger partial charge on any atom is -0.455 e. The van der Waals surface area contributed by atoms with Gasteiger partial charge in [0.2, 0.25) is 0 Å². The van der Waals surface area contributed by atoms with Crippen LogP contribution in [0.1, 0.15) is 12.5 Å². The van der Waals surface area contributed by atoms with Crippen LogP contribution in [0.3, 0.4) is 0 Å². The molecule has 0 unspecified atom stereocenters. The van der Waals surface area contributed by atoms with Gasteiger partial charge in [-0.2, -0.15) is 0 Å². The van der Waals surface area contributed by atoms with Crippen molar-refractivity contribution in [2.24, 2.45) is 10.9 Å². The second kappa shape index (κ2) is 7.24. The predicted molar refractivity (Wildman–Crippen MR) is 86.9 cm³/mol. The maximum Gasteiger partial charge on any atom is 0.175 e. The van der Waals surface area contributed by atoms with E-state index in [4.69, 9.17) is 27.3 Å². The van der Waals surface area contributed by atoms with Gasteiger partial charge in [-0.1, -0.05) is 41.9 Å². The third-order valence-electron chi connectivity index (χ3n) is 2.71. The van der Waals surface area contributed by atoms with Crippen LogP contribution in [0.4, 0.5) is 0 Å². The Morgan fingerprint density at radius 1 is 1.24 bits per heavy atom. The van der Waals surface area contributed by atoms with Crippen molar-refractivity contribution in [1.29, 1.82) is 0 Å². The monoisotopic (exact) mass is 322 g/mol. The van der Waals surface area contributed by atoms with E-state index < -0.39 is 0 Å². The number of hydrogen-bond acceptors (Lipinski definition) is 4. The summed E-state index contributed by atoms with van der Waals surface area (Å²) in [5.74, 6) is 1.89. The highest BCUT2D eigenvalue weighted by atomic mass is 35.5. The van der Waals surface area contributed by atoms with E-state index in [1.165, 1.54) is 0 Å². The van der Waals surface area contributed by atoms with E-state index in [2.05, 4.69) is 5.16 Å². The Labute approximate surface area is 132 Å². The molecule has 0 heterocycles. The van der Waals surface area contributed by atoms with Gasteiger partial charge in [0, 0.05) is 4.90 Å². The van der Waals surface area contributed by atoms with Gasteiger partial charge in [-0.3, -0.25) is 0 Å². The summed E-state index contributed by atoms with van der Waals surface area (Å²) in [4.78, 5) is 0.886. The smallest absolute Gasteiger partial charge is 0.175 e. The minimum absolute atomic E-state index is 0.00797. The van der Waals surface area contributed by atoms with Crippen molar-refractivity contribution >= 4 is 29.2 Å². The molecule has 4 nitrogen and oxygen atoms in total. The molecule has 6 heteroatoms. The van der Waals surface area contributed by atoms with Crippen molar-refractivity contribution in [2.75, 3.05) is 5.75 Å². The van der Waals surface area contributed by atoms with Crippen LogP contribution >= 0.6 is 23.4 Å². The number of para-hydroxylation sites is 1. The number of thioether (sulfide) groups is 1. The van der Waals surface area contributed by atoms with E-state index in [-0.39, 0.29) is 5.84 Å². The summed E-state index contributed by atoms with van der Waals surface area (Å²) in [6, 6.07) is 12.7. The highest BCUT2D eigenvalue weighted by Crippen LogP contribution is 2.35. The third kappa shape index (κ3) is 3.62. The van der Waals surface area contributed by atoms with Crippen LogP contribution in [-0.4, -0.2) is 16.8 Å². The predicted octanol–water partition coefficient (Wildman–Crippen LogP) is 4.34. The molecular weight excluding hydrogens is 308 g/mol. The first-order valence-electron chi connectivity index (χ1n) is 6.33. The van der Waals surface area contributed by atoms with Crippen LogP contribution in [0.2, 0.25) is 5.02 Å². The summed E-state index contributed by atoms with van der Waals surface area (Å²) < 4.78 is 5.83. The zero-order valence-corrected chi connectivity index (χ0v) is 13.0. The molecule has 0 atom stereocenters. The van der Waals surface area contributed by atoms with Gasteiger partial charge in [0.05, 0.1) is 10.6 Å². The molecule has 0 aromatic heterocycles. The fourth-order valence-electron chi connectivity index (χ4n) is 1.82. The lowest BCUT2D eigenvalue weighted by molar-refractivity contribution is 0.318. The number of benzene rings is 2. The Kier molecular flexibility index (Phi) is 5.36. The number of halogens is 1. The van der Waals surface area contributed by atoms with Crippen LogP contribution in [0.25, 0.3) is 0 Å². The maximum atomic E-state index is 9.00. The van der Waals surface area contributed by atoms with Gasteiger partial charge >= 0.3 is 0 Å². The Balaban J connectivity index is 2.48. The summed E-state index contributed by atoms with van der Waals surface area (Å²) in [6.45, 7) is 2.03. The SMILES string of the molecule is CCSc1cccc(Oc2ccccc2Cl)c1/C(N)=N/O. The molecular formula is C15H15ClN2O2S. The van der Waals surface area contributed by atoms with Gasteiger partial charge in [-0.25, -0.2) is 0 Å². The molecule has 0 aliphatic rings. The molecule has 0 bridgehead atoms. The molecule has 0 spiro atoms. The number of ether oxygens (including phenoxy) is 1. The van der Waals surface area contributed by atoms with Crippen molar-refractivity contribution in [3.05, 3.63) is 53.1 Å². The number of nitrogens with zero attached hydrogens (tertiary/aromatic N) is 1. The number of hydrogen-bond donors (Lipinski definition) is 2. The first kappa shape index (κ1) is 15.5. The van der Waals surface area contributed by atoms with Crippen LogP contribution in [0.5, 0.6) is 11.5 Å². The van der Waals surface area contributed by atoms with Crippen molar-refractivity contribution in [3.8, 4) is 11.5 Å². The topological polar surface area (TPSA) is 67.8 Å².